The van der Waals surface area contributed by atoms with E-state index in [9.17, 15) is 19.8 Å². The fraction of sp³-hybridized carbons (Fsp3) is 0.609. The van der Waals surface area contributed by atoms with Gasteiger partial charge in [0.05, 0.1) is 18.8 Å². The van der Waals surface area contributed by atoms with E-state index in [1.807, 2.05) is 7.05 Å². The first-order valence-corrected chi connectivity index (χ1v) is 21.1. The van der Waals surface area contributed by atoms with E-state index in [0.29, 0.717) is 13.0 Å². The van der Waals surface area contributed by atoms with Crippen LogP contribution in [0.5, 0.6) is 0 Å². The van der Waals surface area contributed by atoms with Gasteiger partial charge in [-0.05, 0) is 98.7 Å². The van der Waals surface area contributed by atoms with Crippen LogP contribution in [0.2, 0.25) is 0 Å². The molecule has 1 spiro atoms. The number of rotatable bonds is 6. The van der Waals surface area contributed by atoms with Crippen molar-refractivity contribution in [1.29, 1.82) is 0 Å². The van der Waals surface area contributed by atoms with E-state index in [-0.39, 0.29) is 12.0 Å². The third kappa shape index (κ3) is 4.82. The molecule has 2 saturated heterocycles. The molecule has 1 aromatic heterocycles. The lowest BCUT2D eigenvalue weighted by molar-refractivity contribution is -0.228. The highest BCUT2D eigenvalue weighted by Crippen LogP contribution is 2.68. The van der Waals surface area contributed by atoms with Gasteiger partial charge < -0.3 is 29.6 Å². The number of para-hydroxylation sites is 1. The number of nitrogens with zero attached hydrogens (tertiary/aromatic N) is 3. The Kier molecular flexibility index (Phi) is 8.72. The first-order chi connectivity index (χ1) is 26.8. The summed E-state index contributed by atoms with van der Waals surface area (Å²) in [7, 11) is 3.31. The van der Waals surface area contributed by atoms with Gasteiger partial charge in [0, 0.05) is 84.7 Å². The maximum atomic E-state index is 14.4. The fourth-order valence-electron chi connectivity index (χ4n) is 13.8. The van der Waals surface area contributed by atoms with Crippen LogP contribution in [0.4, 0.5) is 5.69 Å². The van der Waals surface area contributed by atoms with Crippen LogP contribution in [0.3, 0.4) is 0 Å². The highest BCUT2D eigenvalue weighted by Gasteiger charge is 2.80. The number of likely N-dealkylation sites (N-methyl/N-ethyl adjacent to an activating group) is 1. The van der Waals surface area contributed by atoms with E-state index in [4.69, 9.17) is 9.47 Å². The van der Waals surface area contributed by atoms with Crippen molar-refractivity contribution in [2.75, 3.05) is 51.8 Å². The number of benzene rings is 2. The van der Waals surface area contributed by atoms with Crippen molar-refractivity contribution in [3.05, 3.63) is 76.5 Å². The summed E-state index contributed by atoms with van der Waals surface area (Å²) in [5, 5.41) is 26.5. The van der Waals surface area contributed by atoms with Gasteiger partial charge in [0.2, 0.25) is 5.60 Å². The molecule has 9 rings (SSSR count). The predicted molar refractivity (Wildman–Crippen MR) is 217 cm³/mol. The van der Waals surface area contributed by atoms with Crippen LogP contribution < -0.4 is 4.90 Å². The maximum Gasteiger partial charge on any atom is 0.344 e. The van der Waals surface area contributed by atoms with E-state index >= 15 is 0 Å². The molecule has 56 heavy (non-hydrogen) atoms. The summed E-state index contributed by atoms with van der Waals surface area (Å²) in [6.45, 7) is 14.2. The Morgan fingerprint density at radius 2 is 1.79 bits per heavy atom. The summed E-state index contributed by atoms with van der Waals surface area (Å²) in [6, 6.07) is 12.6. The van der Waals surface area contributed by atoms with Crippen LogP contribution >= 0.6 is 0 Å². The summed E-state index contributed by atoms with van der Waals surface area (Å²) < 4.78 is 11.7. The average molecular weight is 765 g/mol. The minimum Gasteiger partial charge on any atom is -0.467 e. The van der Waals surface area contributed by atoms with Gasteiger partial charge in [-0.15, -0.1) is 0 Å². The van der Waals surface area contributed by atoms with Gasteiger partial charge in [-0.3, -0.25) is 14.6 Å². The number of aryl methyl sites for hydroxylation is 1. The van der Waals surface area contributed by atoms with Crippen LogP contribution in [0.25, 0.3) is 10.9 Å². The van der Waals surface area contributed by atoms with Gasteiger partial charge in [-0.2, -0.15) is 0 Å². The Labute approximate surface area is 331 Å². The summed E-state index contributed by atoms with van der Waals surface area (Å²) in [4.78, 5) is 38.4. The number of aliphatic hydroxyl groups is 2. The maximum absolute atomic E-state index is 14.4. The molecular formula is C46H60N4O6. The second-order valence-electron chi connectivity index (χ2n) is 18.4. The number of anilines is 1. The van der Waals surface area contributed by atoms with Gasteiger partial charge in [0.15, 0.2) is 6.10 Å². The summed E-state index contributed by atoms with van der Waals surface area (Å²) in [5.74, 6) is -1.04. The average Bonchev–Trinajstić information content (AvgIpc) is 3.84. The van der Waals surface area contributed by atoms with Crippen molar-refractivity contribution in [3.8, 4) is 0 Å². The number of carbonyl (C=O) groups excluding carboxylic acids is 2. The van der Waals surface area contributed by atoms with Gasteiger partial charge in [-0.1, -0.05) is 57.2 Å². The molecule has 3 N–H and O–H groups in total. The molecule has 10 heteroatoms. The number of carbonyl (C=O) groups is 2. The molecule has 6 heterocycles. The largest absolute Gasteiger partial charge is 0.467 e. The van der Waals surface area contributed by atoms with Crippen LogP contribution in [0.1, 0.15) is 94.2 Å². The number of nitrogens with one attached hydrogen (secondary N) is 1. The zero-order chi connectivity index (χ0) is 39.6. The molecule has 1 aliphatic carbocycles. The SMILES string of the molecule is CC[C@]1(O)C[C@@H]2CN(CCc3c([nH]c4ccccc34)[C@@](CC)(c3cc4c(cc3C)N(C)C3C(O)(C(=O)OC)[C@H](OC(C)=O)[C@]5(CC)C=CCN6CC[C@]43[C@@H]65)C2)C1. The van der Waals surface area contributed by atoms with Gasteiger partial charge in [0.25, 0.3) is 0 Å². The van der Waals surface area contributed by atoms with Crippen molar-refractivity contribution >= 4 is 28.5 Å². The normalized spacial score (nSPS) is 38.5. The van der Waals surface area contributed by atoms with Crippen molar-refractivity contribution in [1.82, 2.24) is 14.8 Å². The van der Waals surface area contributed by atoms with Gasteiger partial charge in [-0.25, -0.2) is 4.79 Å². The monoisotopic (exact) mass is 764 g/mol. The smallest absolute Gasteiger partial charge is 0.344 e. The molecular weight excluding hydrogens is 705 g/mol. The molecule has 0 amide bonds. The standard InChI is InChI=1S/C46H60N4O6/c1-8-42(53)24-30-25-44(10-3,37-32(16-20-49(26-30)27-42)31-14-11-12-15-35(31)47-37)33-23-34-36(22-28(33)4)48(6)39-45(34)18-21-50-19-13-17-43(9-2,38(45)50)40(56-29(5)51)46(39,54)41(52)55-7/h11-15,17,22-23,30,38-40,47,53-54H,8-10,16,18-21,24-27H2,1-7H3/t30-,38-,39?,40+,42-,43+,44+,45+,46?/m0/s1. The topological polar surface area (TPSA) is 119 Å². The highest BCUT2D eigenvalue weighted by atomic mass is 16.6. The lowest BCUT2D eigenvalue weighted by Gasteiger charge is -2.63. The quantitative estimate of drug-likeness (QED) is 0.220. The van der Waals surface area contributed by atoms with E-state index in [0.717, 1.165) is 87.0 Å². The molecule has 3 fully saturated rings. The number of aromatic nitrogens is 1. The number of piperidine rings is 1. The third-order valence-corrected chi connectivity index (χ3v) is 15.8. The molecule has 10 nitrogen and oxygen atoms in total. The van der Waals surface area contributed by atoms with Crippen molar-refractivity contribution in [2.24, 2.45) is 11.3 Å². The number of H-pyrrole nitrogens is 1. The van der Waals surface area contributed by atoms with E-state index in [2.05, 4.69) is 95.9 Å². The lowest BCUT2D eigenvalue weighted by Crippen LogP contribution is -2.81. The highest BCUT2D eigenvalue weighted by molar-refractivity contribution is 5.88. The van der Waals surface area contributed by atoms with E-state index in [1.165, 1.54) is 36.2 Å². The number of methoxy groups -OCH3 is 1. The minimum absolute atomic E-state index is 0.142. The van der Waals surface area contributed by atoms with Crippen LogP contribution in [0, 0.1) is 18.3 Å². The second kappa shape index (κ2) is 12.9. The van der Waals surface area contributed by atoms with Crippen LogP contribution in [-0.4, -0.2) is 113 Å². The number of hydrogen-bond acceptors (Lipinski definition) is 9. The van der Waals surface area contributed by atoms with E-state index < -0.39 is 51.5 Å². The zero-order valence-electron chi connectivity index (χ0n) is 34.3. The van der Waals surface area contributed by atoms with Gasteiger partial charge in [0.1, 0.15) is 0 Å². The zero-order valence-corrected chi connectivity index (χ0v) is 34.3. The predicted octanol–water partition coefficient (Wildman–Crippen LogP) is 5.53. The number of fused-ring (bicyclic) bond motifs is 6. The van der Waals surface area contributed by atoms with Crippen molar-refractivity contribution < 1.29 is 29.3 Å². The Morgan fingerprint density at radius 3 is 2.50 bits per heavy atom. The molecule has 0 radical (unpaired) electrons. The van der Waals surface area contributed by atoms with Crippen molar-refractivity contribution in [3.63, 3.8) is 0 Å². The molecule has 300 valence electrons. The lowest BCUT2D eigenvalue weighted by atomic mass is 9.47. The molecule has 1 saturated carbocycles. The second-order valence-corrected chi connectivity index (χ2v) is 18.4. The first-order valence-electron chi connectivity index (χ1n) is 21.1. The summed E-state index contributed by atoms with van der Waals surface area (Å²) in [5.41, 5.74) is 3.53. The Bertz CT molecular complexity index is 2130. The molecule has 2 aromatic carbocycles. The third-order valence-electron chi connectivity index (χ3n) is 15.8. The van der Waals surface area contributed by atoms with E-state index in [1.54, 1.807) is 0 Å². The van der Waals surface area contributed by atoms with Gasteiger partial charge >= 0.3 is 11.9 Å². The summed E-state index contributed by atoms with van der Waals surface area (Å²) in [6.07, 6.45) is 8.52. The number of ether oxygens (including phenoxy) is 2. The minimum atomic E-state index is -2.16. The molecule has 6 aliphatic rings. The first kappa shape index (κ1) is 37.9. The van der Waals surface area contributed by atoms with Crippen molar-refractivity contribution in [2.45, 2.75) is 120 Å². The van der Waals surface area contributed by atoms with Crippen LogP contribution in [-0.2, 0) is 36.3 Å². The Hall–Kier alpha value is -3.70. The summed E-state index contributed by atoms with van der Waals surface area (Å²) >= 11 is 0. The molecule has 5 aliphatic heterocycles. The molecule has 10 atom stereocenters. The fourth-order valence-corrected chi connectivity index (χ4v) is 13.8. The molecule has 3 unspecified atom stereocenters. The van der Waals surface area contributed by atoms with Crippen LogP contribution in [0.15, 0.2) is 48.6 Å². The Morgan fingerprint density at radius 1 is 1.00 bits per heavy atom. The Balaban J connectivity index is 1.32. The number of hydrogen-bond donors (Lipinski definition) is 3. The molecule has 2 bridgehead atoms. The number of esters is 2. The number of aromatic amines is 1. The molecule has 3 aromatic rings.